The fraction of sp³-hybridized carbons (Fsp3) is 0.271. The van der Waals surface area contributed by atoms with Crippen molar-refractivity contribution in [3.63, 3.8) is 0 Å². The molecule has 54 heavy (non-hydrogen) atoms. The Bertz CT molecular complexity index is 2680. The summed E-state index contributed by atoms with van der Waals surface area (Å²) < 4.78 is 13.1. The molecule has 0 saturated carbocycles. The van der Waals surface area contributed by atoms with Crippen LogP contribution in [-0.2, 0) is 16.2 Å². The molecule has 0 amide bonds. The van der Waals surface area contributed by atoms with Crippen molar-refractivity contribution in [2.75, 3.05) is 0 Å². The number of ether oxygens (including phenoxy) is 1. The molecule has 0 fully saturated rings. The zero-order valence-corrected chi connectivity index (χ0v) is 33.1. The maximum atomic E-state index is 6.64. The first-order chi connectivity index (χ1) is 25.6. The van der Waals surface area contributed by atoms with Gasteiger partial charge in [0.2, 0.25) is 0 Å². The van der Waals surface area contributed by atoms with Crippen LogP contribution in [0.4, 0.5) is 0 Å². The molecule has 0 aliphatic carbocycles. The Morgan fingerprint density at radius 3 is 1.91 bits per heavy atom. The standard InChI is InChI=1S/C48H49N5O/c1-31-14-13-17-41-45(31)51(35-25-33(47(5,6)7)24-34(26-35)48(8,9)10)30-52(41)43-29-37(21-23-49-43)54-36-18-19-39-38-15-11-12-16-40(38)53(42(39)28-36)44-27-32(20-22-50-44)46(2,3)4/h11-29H,1-10H3. The molecule has 0 atom stereocenters. The fourth-order valence-corrected chi connectivity index (χ4v) is 7.28. The van der Waals surface area contributed by atoms with Crippen LogP contribution in [-0.4, -0.2) is 19.1 Å². The van der Waals surface area contributed by atoms with E-state index in [1.807, 2.05) is 29.0 Å². The van der Waals surface area contributed by atoms with Crippen LogP contribution in [0.3, 0.4) is 0 Å². The lowest BCUT2D eigenvalue weighted by Gasteiger charge is -2.26. The van der Waals surface area contributed by atoms with E-state index < -0.39 is 0 Å². The Morgan fingerprint density at radius 2 is 1.19 bits per heavy atom. The molecule has 0 aliphatic rings. The van der Waals surface area contributed by atoms with Gasteiger partial charge in [-0.3, -0.25) is 18.7 Å². The van der Waals surface area contributed by atoms with E-state index in [0.717, 1.165) is 50.5 Å². The number of hydrogen-bond donors (Lipinski definition) is 0. The molecule has 4 heterocycles. The van der Waals surface area contributed by atoms with Gasteiger partial charge < -0.3 is 4.74 Å². The van der Waals surface area contributed by atoms with Gasteiger partial charge in [0, 0.05) is 35.3 Å². The Morgan fingerprint density at radius 1 is 0.556 bits per heavy atom. The topological polar surface area (TPSA) is 48.8 Å². The van der Waals surface area contributed by atoms with Crippen molar-refractivity contribution in [1.29, 1.82) is 0 Å². The summed E-state index contributed by atoms with van der Waals surface area (Å²) in [6.07, 6.45) is 7.41. The van der Waals surface area contributed by atoms with E-state index in [9.17, 15) is 0 Å². The molecule has 8 aromatic rings. The van der Waals surface area contributed by atoms with Gasteiger partial charge in [-0.25, -0.2) is 4.98 Å². The summed E-state index contributed by atoms with van der Waals surface area (Å²) in [6, 6.07) is 36.4. The monoisotopic (exact) mass is 711 g/mol. The Hall–Kier alpha value is -5.75. The normalized spacial score (nSPS) is 12.6. The molecule has 0 bridgehead atoms. The second-order valence-corrected chi connectivity index (χ2v) is 17.6. The Kier molecular flexibility index (Phi) is 8.29. The van der Waals surface area contributed by atoms with Gasteiger partial charge in [0.15, 0.2) is 5.82 Å². The minimum absolute atomic E-state index is 0.00393. The number of rotatable bonds is 5. The lowest BCUT2D eigenvalue weighted by atomic mass is 9.80. The largest absolute Gasteiger partial charge is 0.458 e. The number of nitrogens with zero attached hydrogens (tertiary/aromatic N) is 5. The summed E-state index contributed by atoms with van der Waals surface area (Å²) in [5.74, 6) is 3.03. The maximum Gasteiger partial charge on any atom is 0.271 e. The number of fused-ring (bicyclic) bond motifs is 4. The summed E-state index contributed by atoms with van der Waals surface area (Å²) in [6.45, 7) is 22.5. The summed E-state index contributed by atoms with van der Waals surface area (Å²) in [4.78, 5) is 9.69. The second kappa shape index (κ2) is 12.7. The number of hydrogen-bond acceptors (Lipinski definition) is 3. The second-order valence-electron chi connectivity index (χ2n) is 17.6. The molecule has 6 nitrogen and oxygen atoms in total. The number of aryl methyl sites for hydroxylation is 1. The van der Waals surface area contributed by atoms with Crippen molar-refractivity contribution < 1.29 is 9.30 Å². The summed E-state index contributed by atoms with van der Waals surface area (Å²) in [5, 5.41) is 2.32. The van der Waals surface area contributed by atoms with E-state index >= 15 is 0 Å². The van der Waals surface area contributed by atoms with E-state index in [0.29, 0.717) is 5.75 Å². The predicted octanol–water partition coefficient (Wildman–Crippen LogP) is 11.6. The average molecular weight is 712 g/mol. The van der Waals surface area contributed by atoms with Gasteiger partial charge in [0.05, 0.1) is 27.8 Å². The predicted molar refractivity (Wildman–Crippen MR) is 221 cm³/mol. The lowest BCUT2D eigenvalue weighted by Crippen LogP contribution is -2.32. The third kappa shape index (κ3) is 6.34. The van der Waals surface area contributed by atoms with Gasteiger partial charge in [0.1, 0.15) is 17.3 Å². The molecule has 0 unspecified atom stereocenters. The van der Waals surface area contributed by atoms with Crippen molar-refractivity contribution in [3.8, 4) is 28.8 Å². The molecule has 0 aliphatic heterocycles. The van der Waals surface area contributed by atoms with Crippen LogP contribution in [0.5, 0.6) is 11.5 Å². The number of para-hydroxylation sites is 2. The minimum Gasteiger partial charge on any atom is -0.458 e. The Balaban J connectivity index is 1.22. The minimum atomic E-state index is -0.0123. The number of aromatic nitrogens is 5. The first-order valence-electron chi connectivity index (χ1n) is 18.8. The molecular formula is C48H49N5O. The third-order valence-corrected chi connectivity index (χ3v) is 10.5. The molecular weight excluding hydrogens is 663 g/mol. The maximum absolute atomic E-state index is 6.64. The SMILES string of the molecule is Cc1cccc2c1[n+](-c1cc(C(C)(C)C)cc(C(C)(C)C)c1)[c-]n2-c1cc(Oc2ccc3c4ccccc4n(-c4cc(C(C)(C)C)ccn4)c3c2)ccn1. The quantitative estimate of drug-likeness (QED) is 0.132. The van der Waals surface area contributed by atoms with Crippen LogP contribution in [0.15, 0.2) is 116 Å². The first kappa shape index (κ1) is 35.3. The summed E-state index contributed by atoms with van der Waals surface area (Å²) >= 11 is 0. The van der Waals surface area contributed by atoms with Gasteiger partial charge in [-0.1, -0.05) is 105 Å². The van der Waals surface area contributed by atoms with Crippen LogP contribution >= 0.6 is 0 Å². The van der Waals surface area contributed by atoms with E-state index in [2.05, 4.69) is 170 Å². The average Bonchev–Trinajstić information content (AvgIpc) is 3.68. The molecule has 0 N–H and O–H groups in total. The highest BCUT2D eigenvalue weighted by Gasteiger charge is 2.24. The molecule has 0 spiro atoms. The zero-order chi connectivity index (χ0) is 38.2. The molecule has 0 saturated heterocycles. The highest BCUT2D eigenvalue weighted by Crippen LogP contribution is 2.36. The van der Waals surface area contributed by atoms with Crippen molar-refractivity contribution >= 4 is 32.8 Å². The van der Waals surface area contributed by atoms with Gasteiger partial charge in [-0.15, -0.1) is 0 Å². The van der Waals surface area contributed by atoms with Crippen LogP contribution in [0.2, 0.25) is 0 Å². The van der Waals surface area contributed by atoms with Gasteiger partial charge in [0.25, 0.3) is 6.33 Å². The summed E-state index contributed by atoms with van der Waals surface area (Å²) in [5.41, 5.74) is 10.3. The molecule has 8 rings (SSSR count). The molecule has 272 valence electrons. The Labute approximate surface area is 318 Å². The van der Waals surface area contributed by atoms with Gasteiger partial charge in [-0.2, -0.15) is 0 Å². The third-order valence-electron chi connectivity index (χ3n) is 10.5. The van der Waals surface area contributed by atoms with E-state index in [4.69, 9.17) is 14.7 Å². The number of pyridine rings is 2. The van der Waals surface area contributed by atoms with Crippen LogP contribution in [0.1, 0.15) is 84.6 Å². The van der Waals surface area contributed by atoms with Crippen LogP contribution < -0.4 is 9.30 Å². The highest BCUT2D eigenvalue weighted by molar-refractivity contribution is 6.09. The fourth-order valence-electron chi connectivity index (χ4n) is 7.28. The van der Waals surface area contributed by atoms with Crippen LogP contribution in [0.25, 0.3) is 50.2 Å². The summed E-state index contributed by atoms with van der Waals surface area (Å²) in [7, 11) is 0. The zero-order valence-electron chi connectivity index (χ0n) is 33.1. The van der Waals surface area contributed by atoms with E-state index in [1.54, 1.807) is 6.20 Å². The smallest absolute Gasteiger partial charge is 0.271 e. The van der Waals surface area contributed by atoms with Crippen molar-refractivity contribution in [1.82, 2.24) is 19.1 Å². The molecule has 0 radical (unpaired) electrons. The van der Waals surface area contributed by atoms with Crippen LogP contribution in [0, 0.1) is 13.3 Å². The molecule has 6 heteroatoms. The number of benzene rings is 4. The van der Waals surface area contributed by atoms with Crippen molar-refractivity contribution in [2.24, 2.45) is 0 Å². The molecule has 4 aromatic heterocycles. The van der Waals surface area contributed by atoms with E-state index in [1.165, 1.54) is 27.6 Å². The highest BCUT2D eigenvalue weighted by atomic mass is 16.5. The van der Waals surface area contributed by atoms with Crippen molar-refractivity contribution in [3.05, 3.63) is 144 Å². The van der Waals surface area contributed by atoms with E-state index in [-0.39, 0.29) is 16.2 Å². The number of imidazole rings is 1. The lowest BCUT2D eigenvalue weighted by molar-refractivity contribution is -0.572. The van der Waals surface area contributed by atoms with Gasteiger partial charge >= 0.3 is 0 Å². The first-order valence-corrected chi connectivity index (χ1v) is 18.8. The van der Waals surface area contributed by atoms with Crippen molar-refractivity contribution in [2.45, 2.75) is 85.5 Å². The van der Waals surface area contributed by atoms with Gasteiger partial charge in [-0.05, 0) is 94.0 Å². The molecule has 4 aromatic carbocycles.